The Morgan fingerprint density at radius 1 is 1.39 bits per heavy atom. The van der Waals surface area contributed by atoms with Gasteiger partial charge in [0.1, 0.15) is 0 Å². The maximum atomic E-state index is 3.82. The molecule has 1 heterocycles. The molecule has 1 nitrogen and oxygen atoms in total. The van der Waals surface area contributed by atoms with Crippen LogP contribution < -0.4 is 5.32 Å². The van der Waals surface area contributed by atoms with Crippen molar-refractivity contribution < 1.29 is 0 Å². The van der Waals surface area contributed by atoms with E-state index < -0.39 is 0 Å². The molecular formula is C15H25NS2. The van der Waals surface area contributed by atoms with Gasteiger partial charge >= 0.3 is 0 Å². The quantitative estimate of drug-likeness (QED) is 0.816. The molecule has 1 aromatic heterocycles. The van der Waals surface area contributed by atoms with E-state index in [0.29, 0.717) is 6.04 Å². The Balaban J connectivity index is 1.82. The van der Waals surface area contributed by atoms with Gasteiger partial charge in [-0.1, -0.05) is 13.8 Å². The van der Waals surface area contributed by atoms with Crippen LogP contribution in [0, 0.1) is 0 Å². The highest BCUT2D eigenvalue weighted by Crippen LogP contribution is 2.32. The molecule has 0 amide bonds. The predicted molar refractivity (Wildman–Crippen MR) is 84.8 cm³/mol. The molecule has 0 bridgehead atoms. The van der Waals surface area contributed by atoms with Gasteiger partial charge in [-0.05, 0) is 50.5 Å². The van der Waals surface area contributed by atoms with E-state index in [0.717, 1.165) is 17.7 Å². The second-order valence-corrected chi connectivity index (χ2v) is 7.91. The van der Waals surface area contributed by atoms with Crippen molar-refractivity contribution in [3.05, 3.63) is 21.9 Å². The van der Waals surface area contributed by atoms with Crippen LogP contribution in [-0.2, 0) is 6.42 Å². The van der Waals surface area contributed by atoms with Gasteiger partial charge in [0, 0.05) is 27.1 Å². The second kappa shape index (κ2) is 6.97. The minimum atomic E-state index is 0.519. The molecule has 3 unspecified atom stereocenters. The Bertz CT molecular complexity index is 361. The molecule has 0 aliphatic heterocycles. The lowest BCUT2D eigenvalue weighted by Gasteiger charge is -2.18. The van der Waals surface area contributed by atoms with Gasteiger partial charge in [0.25, 0.3) is 0 Å². The minimum absolute atomic E-state index is 0.519. The summed E-state index contributed by atoms with van der Waals surface area (Å²) >= 11 is 4.10. The van der Waals surface area contributed by atoms with Crippen molar-refractivity contribution in [1.29, 1.82) is 0 Å². The average Bonchev–Trinajstić information content (AvgIpc) is 2.98. The molecular weight excluding hydrogens is 258 g/mol. The minimum Gasteiger partial charge on any atom is -0.307 e. The Morgan fingerprint density at radius 2 is 2.22 bits per heavy atom. The van der Waals surface area contributed by atoms with Gasteiger partial charge in [-0.3, -0.25) is 0 Å². The Kier molecular flexibility index (Phi) is 5.58. The SMILES string of the molecule is CCSC1CCC(NC(C)c2ccc(CC)s2)C1. The fourth-order valence-corrected chi connectivity index (χ4v) is 4.84. The normalized spacial score (nSPS) is 25.5. The number of aryl methyl sites for hydroxylation is 1. The van der Waals surface area contributed by atoms with Crippen LogP contribution in [0.4, 0.5) is 0 Å². The largest absolute Gasteiger partial charge is 0.307 e. The number of rotatable bonds is 6. The van der Waals surface area contributed by atoms with Crippen LogP contribution in [-0.4, -0.2) is 17.0 Å². The van der Waals surface area contributed by atoms with Crippen molar-refractivity contribution in [1.82, 2.24) is 5.32 Å². The van der Waals surface area contributed by atoms with Crippen LogP contribution in [0.15, 0.2) is 12.1 Å². The molecule has 0 aromatic carbocycles. The highest BCUT2D eigenvalue weighted by molar-refractivity contribution is 7.99. The maximum absolute atomic E-state index is 3.82. The van der Waals surface area contributed by atoms with E-state index in [1.807, 2.05) is 11.3 Å². The first kappa shape index (κ1) is 14.4. The highest BCUT2D eigenvalue weighted by atomic mass is 32.2. The fourth-order valence-electron chi connectivity index (χ4n) is 2.73. The summed E-state index contributed by atoms with van der Waals surface area (Å²) in [6.45, 7) is 6.81. The van der Waals surface area contributed by atoms with Crippen molar-refractivity contribution in [2.24, 2.45) is 0 Å². The molecule has 1 saturated carbocycles. The molecule has 102 valence electrons. The molecule has 0 spiro atoms. The predicted octanol–water partition coefficient (Wildman–Crippen LogP) is 4.64. The van der Waals surface area contributed by atoms with Crippen molar-refractivity contribution >= 4 is 23.1 Å². The van der Waals surface area contributed by atoms with Crippen molar-refractivity contribution in [3.63, 3.8) is 0 Å². The smallest absolute Gasteiger partial charge is 0.0388 e. The summed E-state index contributed by atoms with van der Waals surface area (Å²) < 4.78 is 0. The number of thioether (sulfide) groups is 1. The summed E-state index contributed by atoms with van der Waals surface area (Å²) in [4.78, 5) is 3.00. The van der Waals surface area contributed by atoms with Crippen molar-refractivity contribution in [2.45, 2.75) is 63.8 Å². The third-order valence-electron chi connectivity index (χ3n) is 3.73. The lowest BCUT2D eigenvalue weighted by Crippen LogP contribution is -2.29. The van der Waals surface area contributed by atoms with Gasteiger partial charge in [-0.2, -0.15) is 11.8 Å². The third-order valence-corrected chi connectivity index (χ3v) is 6.38. The van der Waals surface area contributed by atoms with Crippen LogP contribution in [0.5, 0.6) is 0 Å². The zero-order valence-corrected chi connectivity index (χ0v) is 13.4. The van der Waals surface area contributed by atoms with E-state index in [1.165, 1.54) is 34.8 Å². The Morgan fingerprint density at radius 3 is 2.89 bits per heavy atom. The molecule has 0 radical (unpaired) electrons. The van der Waals surface area contributed by atoms with Crippen molar-refractivity contribution in [3.8, 4) is 0 Å². The molecule has 1 N–H and O–H groups in total. The first-order valence-corrected chi connectivity index (χ1v) is 9.05. The second-order valence-electron chi connectivity index (χ2n) is 5.13. The molecule has 2 rings (SSSR count). The van der Waals surface area contributed by atoms with Crippen molar-refractivity contribution in [2.75, 3.05) is 5.75 Å². The molecule has 1 aliphatic rings. The van der Waals surface area contributed by atoms with Gasteiger partial charge in [0.15, 0.2) is 0 Å². The van der Waals surface area contributed by atoms with Crippen LogP contribution >= 0.6 is 23.1 Å². The summed E-state index contributed by atoms with van der Waals surface area (Å²) in [7, 11) is 0. The summed E-state index contributed by atoms with van der Waals surface area (Å²) in [6, 6.07) is 5.83. The summed E-state index contributed by atoms with van der Waals surface area (Å²) in [5.41, 5.74) is 0. The van der Waals surface area contributed by atoms with Crippen LogP contribution in [0.1, 0.15) is 55.8 Å². The molecule has 3 atom stereocenters. The Hall–Kier alpha value is 0.01000. The van der Waals surface area contributed by atoms with Crippen LogP contribution in [0.2, 0.25) is 0 Å². The standard InChI is InChI=1S/C15H25NS2/c1-4-13-8-9-15(18-13)11(3)16-12-6-7-14(10-12)17-5-2/h8-9,11-12,14,16H,4-7,10H2,1-3H3. The molecule has 1 aromatic rings. The van der Waals surface area contributed by atoms with E-state index in [4.69, 9.17) is 0 Å². The first-order chi connectivity index (χ1) is 8.72. The van der Waals surface area contributed by atoms with E-state index in [9.17, 15) is 0 Å². The topological polar surface area (TPSA) is 12.0 Å². The third kappa shape index (κ3) is 3.75. The van der Waals surface area contributed by atoms with E-state index >= 15 is 0 Å². The first-order valence-electron chi connectivity index (χ1n) is 7.19. The number of hydrogen-bond acceptors (Lipinski definition) is 3. The van der Waals surface area contributed by atoms with Gasteiger partial charge < -0.3 is 5.32 Å². The van der Waals surface area contributed by atoms with E-state index in [1.54, 1.807) is 0 Å². The Labute approximate surface area is 120 Å². The van der Waals surface area contributed by atoms with Gasteiger partial charge in [-0.25, -0.2) is 0 Å². The maximum Gasteiger partial charge on any atom is 0.0388 e. The molecule has 18 heavy (non-hydrogen) atoms. The van der Waals surface area contributed by atoms with E-state index in [-0.39, 0.29) is 0 Å². The molecule has 1 aliphatic carbocycles. The number of thiophene rings is 1. The van der Waals surface area contributed by atoms with Gasteiger partial charge in [0.2, 0.25) is 0 Å². The zero-order valence-electron chi connectivity index (χ0n) is 11.7. The lowest BCUT2D eigenvalue weighted by atomic mass is 10.2. The summed E-state index contributed by atoms with van der Waals surface area (Å²) in [6.07, 6.45) is 5.27. The fraction of sp³-hybridized carbons (Fsp3) is 0.733. The number of hydrogen-bond donors (Lipinski definition) is 1. The number of nitrogens with one attached hydrogen (secondary N) is 1. The molecule has 1 fully saturated rings. The molecule has 0 saturated heterocycles. The highest BCUT2D eigenvalue weighted by Gasteiger charge is 2.25. The van der Waals surface area contributed by atoms with Crippen LogP contribution in [0.25, 0.3) is 0 Å². The van der Waals surface area contributed by atoms with Gasteiger partial charge in [0.05, 0.1) is 0 Å². The van der Waals surface area contributed by atoms with E-state index in [2.05, 4.69) is 50.0 Å². The molecule has 3 heteroatoms. The van der Waals surface area contributed by atoms with Gasteiger partial charge in [-0.15, -0.1) is 11.3 Å². The average molecular weight is 284 g/mol. The summed E-state index contributed by atoms with van der Waals surface area (Å²) in [5, 5.41) is 4.72. The lowest BCUT2D eigenvalue weighted by molar-refractivity contribution is 0.466. The van der Waals surface area contributed by atoms with Crippen LogP contribution in [0.3, 0.4) is 0 Å². The monoisotopic (exact) mass is 283 g/mol. The summed E-state index contributed by atoms with van der Waals surface area (Å²) in [5.74, 6) is 1.26. The zero-order chi connectivity index (χ0) is 13.0.